The molecule has 2 rings (SSSR count). The highest BCUT2D eigenvalue weighted by Gasteiger charge is 2.18. The van der Waals surface area contributed by atoms with Crippen LogP contribution in [0.25, 0.3) is 0 Å². The quantitative estimate of drug-likeness (QED) is 0.653. The predicted molar refractivity (Wildman–Crippen MR) is 75.6 cm³/mol. The molecule has 0 spiro atoms. The Kier molecular flexibility index (Phi) is 4.46. The van der Waals surface area contributed by atoms with Crippen molar-refractivity contribution in [2.75, 3.05) is 37.8 Å². The number of hydrogen-bond acceptors (Lipinski definition) is 5. The molecule has 0 aliphatic carbocycles. The van der Waals surface area contributed by atoms with Crippen molar-refractivity contribution in [3.63, 3.8) is 0 Å². The van der Waals surface area contributed by atoms with Crippen LogP contribution in [0.2, 0.25) is 0 Å². The van der Waals surface area contributed by atoms with E-state index in [1.165, 1.54) is 0 Å². The van der Waals surface area contributed by atoms with E-state index in [1.54, 1.807) is 12.1 Å². The van der Waals surface area contributed by atoms with Crippen LogP contribution in [0.4, 0.5) is 5.69 Å². The third-order valence-electron chi connectivity index (χ3n) is 2.70. The van der Waals surface area contributed by atoms with E-state index in [0.717, 1.165) is 11.9 Å². The van der Waals surface area contributed by atoms with Gasteiger partial charge in [0.2, 0.25) is 10.0 Å². The molecular formula is C12H17N3O4S. The molecule has 0 saturated heterocycles. The summed E-state index contributed by atoms with van der Waals surface area (Å²) in [5.41, 5.74) is 1.23. The fourth-order valence-corrected chi connectivity index (χ4v) is 2.33. The lowest BCUT2D eigenvalue weighted by Crippen LogP contribution is -2.34. The van der Waals surface area contributed by atoms with Crippen LogP contribution in [-0.4, -0.2) is 46.8 Å². The van der Waals surface area contributed by atoms with Gasteiger partial charge in [-0.3, -0.25) is 4.79 Å². The van der Waals surface area contributed by atoms with Gasteiger partial charge >= 0.3 is 0 Å². The first-order chi connectivity index (χ1) is 9.47. The Balaban J connectivity index is 1.96. The van der Waals surface area contributed by atoms with Gasteiger partial charge in [0.1, 0.15) is 6.61 Å². The van der Waals surface area contributed by atoms with E-state index in [1.807, 2.05) is 6.07 Å². The maximum Gasteiger partial charge on any atom is 0.255 e. The molecule has 1 aliphatic heterocycles. The highest BCUT2D eigenvalue weighted by Crippen LogP contribution is 2.30. The zero-order chi connectivity index (χ0) is 14.6. The number of nitrogens with one attached hydrogen (secondary N) is 3. The van der Waals surface area contributed by atoms with Gasteiger partial charge in [-0.1, -0.05) is 6.07 Å². The summed E-state index contributed by atoms with van der Waals surface area (Å²) in [6.45, 7) is 1.57. The van der Waals surface area contributed by atoms with Crippen LogP contribution in [0, 0.1) is 0 Å². The van der Waals surface area contributed by atoms with Crippen molar-refractivity contribution in [2.24, 2.45) is 0 Å². The van der Waals surface area contributed by atoms with Gasteiger partial charge in [-0.05, 0) is 12.1 Å². The normalized spacial score (nSPS) is 13.8. The monoisotopic (exact) mass is 299 g/mol. The first-order valence-electron chi connectivity index (χ1n) is 6.20. The number of anilines is 1. The molecule has 0 unspecified atom stereocenters. The SMILES string of the molecule is CS(=O)(=O)NCCNC(=O)c1cccc2c1OCCN2. The van der Waals surface area contributed by atoms with Crippen molar-refractivity contribution >= 4 is 21.6 Å². The highest BCUT2D eigenvalue weighted by atomic mass is 32.2. The van der Waals surface area contributed by atoms with E-state index in [2.05, 4.69) is 15.4 Å². The molecule has 0 saturated carbocycles. The number of amides is 1. The molecule has 1 heterocycles. The summed E-state index contributed by atoms with van der Waals surface area (Å²) in [6, 6.07) is 5.28. The van der Waals surface area contributed by atoms with Gasteiger partial charge in [0.25, 0.3) is 5.91 Å². The van der Waals surface area contributed by atoms with Crippen LogP contribution in [0.5, 0.6) is 5.75 Å². The van der Waals surface area contributed by atoms with Gasteiger partial charge in [0.15, 0.2) is 5.75 Å². The van der Waals surface area contributed by atoms with Crippen LogP contribution < -0.4 is 20.1 Å². The maximum absolute atomic E-state index is 12.0. The van der Waals surface area contributed by atoms with Crippen molar-refractivity contribution in [3.8, 4) is 5.75 Å². The first kappa shape index (κ1) is 14.6. The average Bonchev–Trinajstić information content (AvgIpc) is 2.41. The van der Waals surface area contributed by atoms with Gasteiger partial charge < -0.3 is 15.4 Å². The number of benzene rings is 1. The van der Waals surface area contributed by atoms with E-state index in [9.17, 15) is 13.2 Å². The van der Waals surface area contributed by atoms with Crippen LogP contribution in [0.3, 0.4) is 0 Å². The Morgan fingerprint density at radius 3 is 2.95 bits per heavy atom. The molecule has 110 valence electrons. The molecule has 0 fully saturated rings. The summed E-state index contributed by atoms with van der Waals surface area (Å²) in [7, 11) is -3.24. The molecule has 1 amide bonds. The van der Waals surface area contributed by atoms with Gasteiger partial charge in [0.05, 0.1) is 17.5 Å². The summed E-state index contributed by atoms with van der Waals surface area (Å²) >= 11 is 0. The second kappa shape index (κ2) is 6.10. The van der Waals surface area contributed by atoms with E-state index in [-0.39, 0.29) is 19.0 Å². The summed E-state index contributed by atoms with van der Waals surface area (Å²) in [5.74, 6) is 0.244. The molecule has 0 bridgehead atoms. The van der Waals surface area contributed by atoms with Crippen molar-refractivity contribution in [2.45, 2.75) is 0 Å². The van der Waals surface area contributed by atoms with E-state index >= 15 is 0 Å². The van der Waals surface area contributed by atoms with Gasteiger partial charge in [0, 0.05) is 19.6 Å². The predicted octanol–water partition coefficient (Wildman–Crippen LogP) is -0.230. The maximum atomic E-state index is 12.0. The minimum Gasteiger partial charge on any atom is -0.489 e. The molecule has 0 radical (unpaired) electrons. The number of carbonyl (C=O) groups excluding carboxylic acids is 1. The van der Waals surface area contributed by atoms with Gasteiger partial charge in [-0.2, -0.15) is 0 Å². The van der Waals surface area contributed by atoms with Crippen molar-refractivity contribution in [1.82, 2.24) is 10.0 Å². The molecule has 8 heteroatoms. The Bertz CT molecular complexity index is 601. The number of carbonyl (C=O) groups is 1. The van der Waals surface area contributed by atoms with E-state index in [4.69, 9.17) is 4.74 Å². The second-order valence-corrected chi connectivity index (χ2v) is 6.21. The second-order valence-electron chi connectivity index (χ2n) is 4.38. The zero-order valence-corrected chi connectivity index (χ0v) is 11.9. The lowest BCUT2D eigenvalue weighted by atomic mass is 10.1. The van der Waals surface area contributed by atoms with Crippen molar-refractivity contribution in [3.05, 3.63) is 23.8 Å². The number of fused-ring (bicyclic) bond motifs is 1. The summed E-state index contributed by atoms with van der Waals surface area (Å²) < 4.78 is 29.6. The lowest BCUT2D eigenvalue weighted by molar-refractivity contribution is 0.0950. The fourth-order valence-electron chi connectivity index (χ4n) is 1.86. The van der Waals surface area contributed by atoms with E-state index < -0.39 is 10.0 Å². The first-order valence-corrected chi connectivity index (χ1v) is 8.09. The number of hydrogen-bond donors (Lipinski definition) is 3. The molecule has 7 nitrogen and oxygen atoms in total. The smallest absolute Gasteiger partial charge is 0.255 e. The molecule has 0 atom stereocenters. The average molecular weight is 299 g/mol. The summed E-state index contributed by atoms with van der Waals surface area (Å²) in [5, 5.41) is 5.80. The summed E-state index contributed by atoms with van der Waals surface area (Å²) in [4.78, 5) is 12.0. The summed E-state index contributed by atoms with van der Waals surface area (Å²) in [6.07, 6.45) is 1.07. The van der Waals surface area contributed by atoms with Gasteiger partial charge in [-0.15, -0.1) is 0 Å². The Labute approximate surface area is 117 Å². The van der Waals surface area contributed by atoms with Crippen molar-refractivity contribution < 1.29 is 17.9 Å². The molecule has 1 aromatic rings. The van der Waals surface area contributed by atoms with Crippen LogP contribution in [-0.2, 0) is 10.0 Å². The van der Waals surface area contributed by atoms with Crippen LogP contribution in [0.15, 0.2) is 18.2 Å². The molecule has 0 aromatic heterocycles. The molecular weight excluding hydrogens is 282 g/mol. The third kappa shape index (κ3) is 3.84. The van der Waals surface area contributed by atoms with Crippen molar-refractivity contribution in [1.29, 1.82) is 0 Å². The third-order valence-corrected chi connectivity index (χ3v) is 3.43. The van der Waals surface area contributed by atoms with Gasteiger partial charge in [-0.25, -0.2) is 13.1 Å². The Hall–Kier alpha value is -1.80. The van der Waals surface area contributed by atoms with Crippen LogP contribution in [0.1, 0.15) is 10.4 Å². The number of rotatable bonds is 5. The largest absolute Gasteiger partial charge is 0.489 e. The Morgan fingerprint density at radius 2 is 2.20 bits per heavy atom. The number of ether oxygens (including phenoxy) is 1. The Morgan fingerprint density at radius 1 is 1.40 bits per heavy atom. The fraction of sp³-hybridized carbons (Fsp3) is 0.417. The van der Waals surface area contributed by atoms with E-state index in [0.29, 0.717) is 24.5 Å². The molecule has 1 aliphatic rings. The minimum absolute atomic E-state index is 0.151. The number of sulfonamides is 1. The molecule has 20 heavy (non-hydrogen) atoms. The zero-order valence-electron chi connectivity index (χ0n) is 11.1. The topological polar surface area (TPSA) is 96.5 Å². The molecule has 1 aromatic carbocycles. The standard InChI is InChI=1S/C12H17N3O4S/c1-20(17,18)15-6-5-14-12(16)9-3-2-4-10-11(9)19-8-7-13-10/h2-4,13,15H,5-8H2,1H3,(H,14,16). The minimum atomic E-state index is -3.24. The lowest BCUT2D eigenvalue weighted by Gasteiger charge is -2.21. The highest BCUT2D eigenvalue weighted by molar-refractivity contribution is 7.88. The van der Waals surface area contributed by atoms with Crippen LogP contribution >= 0.6 is 0 Å². The number of para-hydroxylation sites is 1. The molecule has 3 N–H and O–H groups in total.